The molecular formula is C13H7N5O2S. The zero-order chi connectivity index (χ0) is 14.6. The van der Waals surface area contributed by atoms with Crippen LogP contribution >= 0.6 is 11.3 Å². The summed E-state index contributed by atoms with van der Waals surface area (Å²) in [4.78, 5) is 24.5. The van der Waals surface area contributed by atoms with E-state index in [-0.39, 0.29) is 22.2 Å². The molecule has 0 aliphatic heterocycles. The Labute approximate surface area is 121 Å². The molecule has 2 aromatic heterocycles. The van der Waals surface area contributed by atoms with Crippen LogP contribution in [0.25, 0.3) is 21.7 Å². The number of nitrogens with two attached hydrogens (primary N) is 1. The van der Waals surface area contributed by atoms with Gasteiger partial charge in [-0.3, -0.25) is 9.59 Å². The number of aromatic amines is 1. The Bertz CT molecular complexity index is 959. The van der Waals surface area contributed by atoms with E-state index in [0.717, 1.165) is 11.3 Å². The van der Waals surface area contributed by atoms with Crippen molar-refractivity contribution in [2.45, 2.75) is 0 Å². The molecule has 0 radical (unpaired) electrons. The minimum atomic E-state index is -0.422. The lowest BCUT2D eigenvalue weighted by Crippen LogP contribution is -2.15. The SMILES string of the molecule is Nc1nnc(-c2c3c(n[nH]c2=O)C(=O)c2ccccc2-3)s1. The minimum absolute atomic E-state index is 0.212. The van der Waals surface area contributed by atoms with Gasteiger partial charge in [0.25, 0.3) is 5.56 Å². The van der Waals surface area contributed by atoms with Gasteiger partial charge in [0.2, 0.25) is 10.9 Å². The standard InChI is InChI=1S/C13H7N5O2S/c14-13-18-17-12(21-13)8-7-5-3-1-2-4-6(5)10(19)9(7)15-16-11(8)20/h1-4H,(H2,14,18)(H,16,20). The molecule has 0 saturated heterocycles. The molecule has 21 heavy (non-hydrogen) atoms. The van der Waals surface area contributed by atoms with Crippen molar-refractivity contribution in [3.8, 4) is 21.7 Å². The van der Waals surface area contributed by atoms with Crippen LogP contribution in [0.2, 0.25) is 0 Å². The molecule has 3 N–H and O–H groups in total. The van der Waals surface area contributed by atoms with Gasteiger partial charge in [-0.25, -0.2) is 5.10 Å². The normalized spacial score (nSPS) is 12.3. The van der Waals surface area contributed by atoms with Crippen LogP contribution in [0, 0.1) is 0 Å². The zero-order valence-electron chi connectivity index (χ0n) is 10.5. The maximum absolute atomic E-state index is 12.3. The zero-order valence-corrected chi connectivity index (χ0v) is 11.3. The van der Waals surface area contributed by atoms with Crippen LogP contribution in [0.4, 0.5) is 5.13 Å². The summed E-state index contributed by atoms with van der Waals surface area (Å²) in [7, 11) is 0. The van der Waals surface area contributed by atoms with Crippen molar-refractivity contribution >= 4 is 22.3 Å². The number of nitrogens with one attached hydrogen (secondary N) is 1. The van der Waals surface area contributed by atoms with Gasteiger partial charge in [-0.05, 0) is 5.56 Å². The monoisotopic (exact) mass is 297 g/mol. The largest absolute Gasteiger partial charge is 0.374 e. The van der Waals surface area contributed by atoms with E-state index in [0.29, 0.717) is 21.7 Å². The third-order valence-electron chi connectivity index (χ3n) is 3.29. The first kappa shape index (κ1) is 11.9. The van der Waals surface area contributed by atoms with Crippen LogP contribution in [0.3, 0.4) is 0 Å². The Morgan fingerprint density at radius 1 is 1.05 bits per heavy atom. The Morgan fingerprint density at radius 2 is 1.81 bits per heavy atom. The molecule has 0 spiro atoms. The Morgan fingerprint density at radius 3 is 2.52 bits per heavy atom. The van der Waals surface area contributed by atoms with Gasteiger partial charge in [-0.15, -0.1) is 10.2 Å². The predicted molar refractivity (Wildman–Crippen MR) is 77.0 cm³/mol. The summed E-state index contributed by atoms with van der Waals surface area (Å²) < 4.78 is 0. The van der Waals surface area contributed by atoms with Gasteiger partial charge in [-0.1, -0.05) is 35.6 Å². The highest BCUT2D eigenvalue weighted by Crippen LogP contribution is 2.40. The van der Waals surface area contributed by atoms with E-state index < -0.39 is 5.56 Å². The number of carbonyl (C=O) groups is 1. The first-order valence-electron chi connectivity index (χ1n) is 6.03. The van der Waals surface area contributed by atoms with E-state index in [1.807, 2.05) is 0 Å². The second-order valence-corrected chi connectivity index (χ2v) is 5.48. The highest BCUT2D eigenvalue weighted by atomic mass is 32.1. The number of hydrogen-bond donors (Lipinski definition) is 2. The minimum Gasteiger partial charge on any atom is -0.374 e. The van der Waals surface area contributed by atoms with E-state index in [4.69, 9.17) is 5.73 Å². The molecule has 4 rings (SSSR count). The average molecular weight is 297 g/mol. The summed E-state index contributed by atoms with van der Waals surface area (Å²) in [6.07, 6.45) is 0. The topological polar surface area (TPSA) is 115 Å². The molecule has 1 aliphatic rings. The smallest absolute Gasteiger partial charge is 0.275 e. The molecule has 0 amide bonds. The van der Waals surface area contributed by atoms with Gasteiger partial charge < -0.3 is 5.73 Å². The maximum atomic E-state index is 12.3. The molecule has 3 aromatic rings. The molecule has 0 atom stereocenters. The first-order valence-corrected chi connectivity index (χ1v) is 6.84. The van der Waals surface area contributed by atoms with Gasteiger partial charge in [0.1, 0.15) is 5.69 Å². The van der Waals surface area contributed by atoms with Crippen molar-refractivity contribution in [2.24, 2.45) is 0 Å². The number of H-pyrrole nitrogens is 1. The number of aromatic nitrogens is 4. The third-order valence-corrected chi connectivity index (χ3v) is 4.06. The van der Waals surface area contributed by atoms with Crippen LogP contribution < -0.4 is 11.3 Å². The predicted octanol–water partition coefficient (Wildman–Crippen LogP) is 1.08. The summed E-state index contributed by atoms with van der Waals surface area (Å²) in [5, 5.41) is 14.5. The number of carbonyl (C=O) groups excluding carboxylic acids is 1. The molecule has 1 aliphatic carbocycles. The number of ketones is 1. The number of benzene rings is 1. The summed E-state index contributed by atoms with van der Waals surface area (Å²) in [6, 6.07) is 7.07. The van der Waals surface area contributed by atoms with Gasteiger partial charge in [0, 0.05) is 11.1 Å². The molecular weight excluding hydrogens is 290 g/mol. The fourth-order valence-electron chi connectivity index (χ4n) is 2.44. The fraction of sp³-hybridized carbons (Fsp3) is 0. The van der Waals surface area contributed by atoms with Gasteiger partial charge >= 0.3 is 0 Å². The highest BCUT2D eigenvalue weighted by molar-refractivity contribution is 7.18. The molecule has 2 heterocycles. The number of nitrogen functional groups attached to an aromatic ring is 1. The van der Waals surface area contributed by atoms with Crippen LogP contribution in [0.5, 0.6) is 0 Å². The fourth-order valence-corrected chi connectivity index (χ4v) is 3.10. The third kappa shape index (κ3) is 1.56. The van der Waals surface area contributed by atoms with E-state index in [1.165, 1.54) is 0 Å². The molecule has 0 unspecified atom stereocenters. The van der Waals surface area contributed by atoms with E-state index >= 15 is 0 Å². The second kappa shape index (κ2) is 4.06. The lowest BCUT2D eigenvalue weighted by Gasteiger charge is -2.03. The Balaban J connectivity index is 2.13. The van der Waals surface area contributed by atoms with Gasteiger partial charge in [0.05, 0.1) is 5.56 Å². The summed E-state index contributed by atoms with van der Waals surface area (Å²) in [5.41, 5.74) is 7.37. The number of fused-ring (bicyclic) bond motifs is 3. The molecule has 1 aromatic carbocycles. The molecule has 7 nitrogen and oxygen atoms in total. The van der Waals surface area contributed by atoms with Crippen LogP contribution in [0.1, 0.15) is 16.1 Å². The van der Waals surface area contributed by atoms with E-state index in [9.17, 15) is 9.59 Å². The molecule has 0 fully saturated rings. The number of rotatable bonds is 1. The molecule has 102 valence electrons. The molecule has 0 saturated carbocycles. The summed E-state index contributed by atoms with van der Waals surface area (Å²) in [5.74, 6) is -0.212. The summed E-state index contributed by atoms with van der Waals surface area (Å²) in [6.45, 7) is 0. The summed E-state index contributed by atoms with van der Waals surface area (Å²) >= 11 is 1.09. The van der Waals surface area contributed by atoms with E-state index in [1.54, 1.807) is 24.3 Å². The molecule has 0 bridgehead atoms. The lowest BCUT2D eigenvalue weighted by molar-refractivity contribution is 0.103. The molecule has 8 heteroatoms. The Kier molecular flexibility index (Phi) is 2.30. The first-order chi connectivity index (χ1) is 10.2. The highest BCUT2D eigenvalue weighted by Gasteiger charge is 2.33. The second-order valence-electron chi connectivity index (χ2n) is 4.47. The van der Waals surface area contributed by atoms with Crippen LogP contribution in [-0.2, 0) is 0 Å². The lowest BCUT2D eigenvalue weighted by atomic mass is 10.0. The van der Waals surface area contributed by atoms with Crippen molar-refractivity contribution in [1.82, 2.24) is 20.4 Å². The number of anilines is 1. The van der Waals surface area contributed by atoms with E-state index in [2.05, 4.69) is 20.4 Å². The van der Waals surface area contributed by atoms with Gasteiger partial charge in [0.15, 0.2) is 5.01 Å². The maximum Gasteiger partial charge on any atom is 0.275 e. The Hall–Kier alpha value is -2.87. The van der Waals surface area contributed by atoms with Gasteiger partial charge in [-0.2, -0.15) is 5.10 Å². The van der Waals surface area contributed by atoms with Crippen LogP contribution in [0.15, 0.2) is 29.1 Å². The average Bonchev–Trinajstić information content (AvgIpc) is 3.03. The van der Waals surface area contributed by atoms with Crippen molar-refractivity contribution in [3.63, 3.8) is 0 Å². The van der Waals surface area contributed by atoms with Crippen molar-refractivity contribution in [3.05, 3.63) is 45.9 Å². The number of nitrogens with zero attached hydrogens (tertiary/aromatic N) is 3. The quantitative estimate of drug-likeness (QED) is 0.543. The van der Waals surface area contributed by atoms with Crippen molar-refractivity contribution in [1.29, 1.82) is 0 Å². The van der Waals surface area contributed by atoms with Crippen LogP contribution in [-0.4, -0.2) is 26.2 Å². The number of hydrogen-bond acceptors (Lipinski definition) is 7. The van der Waals surface area contributed by atoms with Crippen molar-refractivity contribution in [2.75, 3.05) is 5.73 Å². The van der Waals surface area contributed by atoms with Crippen molar-refractivity contribution < 1.29 is 4.79 Å².